The van der Waals surface area contributed by atoms with E-state index < -0.39 is 11.7 Å². The van der Waals surface area contributed by atoms with Crippen molar-refractivity contribution in [2.45, 2.75) is 32.0 Å². The first-order valence-corrected chi connectivity index (χ1v) is 8.28. The van der Waals surface area contributed by atoms with Gasteiger partial charge in [-0.05, 0) is 24.1 Å². The number of aryl methyl sites for hydroxylation is 2. The number of nitrogens with one attached hydrogen (secondary N) is 1. The Hall–Kier alpha value is -2.03. The number of carboxylic acid groups (broad SMARTS) is 1. The van der Waals surface area contributed by atoms with Crippen LogP contribution in [-0.4, -0.2) is 30.9 Å². The fourth-order valence-electron chi connectivity index (χ4n) is 2.33. The van der Waals surface area contributed by atoms with Gasteiger partial charge in [0, 0.05) is 14.1 Å². The van der Waals surface area contributed by atoms with Gasteiger partial charge in [-0.3, -0.25) is 18.7 Å². The summed E-state index contributed by atoms with van der Waals surface area (Å²) in [5, 5.41) is 9.46. The summed E-state index contributed by atoms with van der Waals surface area (Å²) >= 11 is 1.11. The molecule has 2 aromatic rings. The average molecular weight is 341 g/mol. The van der Waals surface area contributed by atoms with Crippen LogP contribution < -0.4 is 15.8 Å². The number of H-pyrrole nitrogens is 1. The molecule has 0 aliphatic heterocycles. The number of aromatic nitrogens is 4. The first kappa shape index (κ1) is 17.3. The molecule has 9 heteroatoms. The Morgan fingerprint density at radius 3 is 2.52 bits per heavy atom. The average Bonchev–Trinajstić information content (AvgIpc) is 2.85. The summed E-state index contributed by atoms with van der Waals surface area (Å²) in [5.41, 5.74) is -0.00212. The minimum atomic E-state index is -0.939. The second kappa shape index (κ2) is 6.61. The van der Waals surface area contributed by atoms with Crippen LogP contribution in [0.2, 0.25) is 0 Å². The van der Waals surface area contributed by atoms with Crippen LogP contribution in [0.4, 0.5) is 0 Å². The summed E-state index contributed by atoms with van der Waals surface area (Å²) in [4.78, 5) is 38.4. The van der Waals surface area contributed by atoms with Crippen LogP contribution in [0.5, 0.6) is 0 Å². The van der Waals surface area contributed by atoms with Gasteiger partial charge < -0.3 is 5.11 Å². The highest BCUT2D eigenvalue weighted by molar-refractivity contribution is 7.99. The Balaban J connectivity index is 2.69. The molecule has 0 saturated heterocycles. The number of hydrogen-bond donors (Lipinski definition) is 2. The lowest BCUT2D eigenvalue weighted by Crippen LogP contribution is -2.44. The molecule has 2 N–H and O–H groups in total. The topological polar surface area (TPSA) is 101 Å². The van der Waals surface area contributed by atoms with Gasteiger partial charge >= 0.3 is 22.4 Å². The molecule has 23 heavy (non-hydrogen) atoms. The molecule has 8 nitrogen and oxygen atoms in total. The van der Waals surface area contributed by atoms with Gasteiger partial charge in [0.2, 0.25) is 0 Å². The molecular weight excluding hydrogens is 320 g/mol. The van der Waals surface area contributed by atoms with Crippen molar-refractivity contribution in [3.8, 4) is 0 Å². The van der Waals surface area contributed by atoms with Gasteiger partial charge in [0.25, 0.3) is 11.2 Å². The standard InChI is InChI=1S/C14H20N4O4S/c1-8(2)5-6-18-10-11(15-13(18)23-7-9(19)20)16(3)14(22)17(4)12(10)21/h8H,5-7H2,1-4H3,(H,19,20)/p+1. The van der Waals surface area contributed by atoms with Crippen molar-refractivity contribution in [3.05, 3.63) is 20.8 Å². The molecule has 2 rings (SSSR count). The lowest BCUT2D eigenvalue weighted by atomic mass is 10.1. The van der Waals surface area contributed by atoms with E-state index in [9.17, 15) is 14.4 Å². The zero-order chi connectivity index (χ0) is 17.3. The fourth-order valence-corrected chi connectivity index (χ4v) is 3.10. The largest absolute Gasteiger partial charge is 0.481 e. The van der Waals surface area contributed by atoms with Crippen molar-refractivity contribution in [3.63, 3.8) is 0 Å². The van der Waals surface area contributed by atoms with Gasteiger partial charge in [0.15, 0.2) is 0 Å². The second-order valence-electron chi connectivity index (χ2n) is 5.85. The number of rotatable bonds is 6. The lowest BCUT2D eigenvalue weighted by Gasteiger charge is -2.05. The van der Waals surface area contributed by atoms with Gasteiger partial charge in [0.05, 0.1) is 6.54 Å². The Kier molecular flexibility index (Phi) is 4.98. The number of thioether (sulfide) groups is 1. The molecule has 0 bridgehead atoms. The third-order valence-corrected chi connectivity index (χ3v) is 4.63. The van der Waals surface area contributed by atoms with Crippen molar-refractivity contribution in [2.75, 3.05) is 5.75 Å². The summed E-state index contributed by atoms with van der Waals surface area (Å²) in [6, 6.07) is 0. The van der Waals surface area contributed by atoms with Crippen LogP contribution in [0.1, 0.15) is 20.3 Å². The lowest BCUT2D eigenvalue weighted by molar-refractivity contribution is -0.710. The summed E-state index contributed by atoms with van der Waals surface area (Å²) in [6.45, 7) is 4.73. The zero-order valence-electron chi connectivity index (χ0n) is 13.6. The number of nitrogens with zero attached hydrogens (tertiary/aromatic N) is 3. The number of carbonyl (C=O) groups is 1. The Morgan fingerprint density at radius 1 is 1.30 bits per heavy atom. The Morgan fingerprint density at radius 2 is 1.96 bits per heavy atom. The van der Waals surface area contributed by atoms with Crippen LogP contribution >= 0.6 is 11.8 Å². The SMILES string of the molecule is CC(C)CC[n+]1c(SCC(=O)O)[nH]c2c1c(=O)n(C)c(=O)n2C. The fraction of sp³-hybridized carbons (Fsp3) is 0.571. The minimum absolute atomic E-state index is 0.122. The van der Waals surface area contributed by atoms with Crippen molar-refractivity contribution in [1.29, 1.82) is 0 Å². The molecule has 0 aromatic carbocycles. The summed E-state index contributed by atoms with van der Waals surface area (Å²) in [7, 11) is 3.02. The van der Waals surface area contributed by atoms with Crippen molar-refractivity contribution >= 4 is 28.9 Å². The first-order valence-electron chi connectivity index (χ1n) is 7.30. The zero-order valence-corrected chi connectivity index (χ0v) is 14.4. The van der Waals surface area contributed by atoms with Crippen LogP contribution in [0.3, 0.4) is 0 Å². The van der Waals surface area contributed by atoms with Gasteiger partial charge in [-0.25, -0.2) is 14.3 Å². The molecule has 0 amide bonds. The number of carboxylic acids is 1. The molecule has 0 saturated carbocycles. The molecule has 0 aliphatic carbocycles. The third kappa shape index (κ3) is 3.34. The van der Waals surface area contributed by atoms with E-state index in [1.54, 1.807) is 11.6 Å². The van der Waals surface area contributed by atoms with Gasteiger partial charge in [-0.1, -0.05) is 13.8 Å². The minimum Gasteiger partial charge on any atom is -0.481 e. The van der Waals surface area contributed by atoms with Crippen LogP contribution in [0.15, 0.2) is 14.7 Å². The monoisotopic (exact) mass is 341 g/mol. The molecule has 0 atom stereocenters. The summed E-state index contributed by atoms with van der Waals surface area (Å²) in [5.74, 6) is -0.630. The molecule has 2 heterocycles. The van der Waals surface area contributed by atoms with Gasteiger partial charge in [-0.2, -0.15) is 0 Å². The van der Waals surface area contributed by atoms with Gasteiger partial charge in [0.1, 0.15) is 5.75 Å². The number of imidazole rings is 1. The number of fused-ring (bicyclic) bond motifs is 1. The van der Waals surface area contributed by atoms with Crippen LogP contribution in [0.25, 0.3) is 11.2 Å². The molecule has 0 unspecified atom stereocenters. The van der Waals surface area contributed by atoms with Crippen molar-refractivity contribution in [2.24, 2.45) is 20.0 Å². The normalized spacial score (nSPS) is 11.5. The van der Waals surface area contributed by atoms with E-state index >= 15 is 0 Å². The van der Waals surface area contributed by atoms with E-state index in [2.05, 4.69) is 18.8 Å². The van der Waals surface area contributed by atoms with Crippen molar-refractivity contribution < 1.29 is 14.5 Å². The molecule has 2 aromatic heterocycles. The predicted octanol–water partition coefficient (Wildman–Crippen LogP) is 0.0756. The predicted molar refractivity (Wildman–Crippen MR) is 86.8 cm³/mol. The Bertz CT molecular complexity index is 862. The van der Waals surface area contributed by atoms with E-state index in [4.69, 9.17) is 5.11 Å². The van der Waals surface area contributed by atoms with Crippen molar-refractivity contribution in [1.82, 2.24) is 14.1 Å². The quantitative estimate of drug-likeness (QED) is 0.572. The van der Waals surface area contributed by atoms with E-state index in [1.807, 2.05) is 0 Å². The molecule has 0 radical (unpaired) electrons. The Labute approximate surface area is 136 Å². The molecule has 126 valence electrons. The van der Waals surface area contributed by atoms with Crippen LogP contribution in [-0.2, 0) is 25.4 Å². The maximum atomic E-state index is 12.5. The summed E-state index contributed by atoms with van der Waals surface area (Å²) < 4.78 is 4.21. The molecule has 0 fully saturated rings. The van der Waals surface area contributed by atoms with E-state index in [-0.39, 0.29) is 11.3 Å². The number of hydrogen-bond acceptors (Lipinski definition) is 4. The number of aromatic amines is 1. The maximum Gasteiger partial charge on any atom is 0.333 e. The smallest absolute Gasteiger partial charge is 0.333 e. The first-order chi connectivity index (χ1) is 10.7. The second-order valence-corrected chi connectivity index (χ2v) is 6.81. The molecule has 0 aliphatic rings. The summed E-state index contributed by atoms with van der Waals surface area (Å²) in [6.07, 6.45) is 0.838. The molecular formula is C14H21N4O4S+. The highest BCUT2D eigenvalue weighted by Crippen LogP contribution is 2.16. The van der Waals surface area contributed by atoms with E-state index in [0.29, 0.717) is 28.8 Å². The van der Waals surface area contributed by atoms with E-state index in [0.717, 1.165) is 22.7 Å². The number of aliphatic carboxylic acids is 1. The van der Waals surface area contributed by atoms with E-state index in [1.165, 1.54) is 11.6 Å². The highest BCUT2D eigenvalue weighted by atomic mass is 32.2. The molecule has 0 spiro atoms. The highest BCUT2D eigenvalue weighted by Gasteiger charge is 2.26. The van der Waals surface area contributed by atoms with Crippen LogP contribution in [0, 0.1) is 5.92 Å². The van der Waals surface area contributed by atoms with Gasteiger partial charge in [-0.15, -0.1) is 0 Å². The third-order valence-electron chi connectivity index (χ3n) is 3.64. The maximum absolute atomic E-state index is 12.5.